The molecule has 1 aliphatic heterocycles. The summed E-state index contributed by atoms with van der Waals surface area (Å²) in [5.41, 5.74) is 3.15. The molecule has 0 bridgehead atoms. The molecule has 0 spiro atoms. The number of nitrogens with one attached hydrogen (secondary N) is 1. The van der Waals surface area contributed by atoms with Crippen LogP contribution in [0.2, 0.25) is 0 Å². The Morgan fingerprint density at radius 3 is 2.88 bits per heavy atom. The average molecular weight is 435 g/mol. The van der Waals surface area contributed by atoms with Crippen LogP contribution in [0.25, 0.3) is 10.9 Å². The molecule has 1 aromatic heterocycles. The first-order valence-electron chi connectivity index (χ1n) is 11.7. The molecular formula is C26H30N2O4. The molecule has 2 unspecified atom stereocenters. The number of benzene rings is 2. The minimum atomic E-state index is -0.773. The maximum atomic E-state index is 11.2. The first-order chi connectivity index (χ1) is 15.7. The minimum Gasteiger partial charge on any atom is -0.493 e. The van der Waals surface area contributed by atoms with Gasteiger partial charge in [0.1, 0.15) is 17.6 Å². The number of aliphatic carboxylic acids is 1. The molecule has 2 atom stereocenters. The molecule has 6 heteroatoms. The van der Waals surface area contributed by atoms with E-state index < -0.39 is 5.97 Å². The third-order valence-corrected chi connectivity index (χ3v) is 6.96. The van der Waals surface area contributed by atoms with E-state index in [4.69, 9.17) is 9.47 Å². The van der Waals surface area contributed by atoms with Crippen LogP contribution in [0, 0.1) is 5.92 Å². The van der Waals surface area contributed by atoms with Gasteiger partial charge in [-0.1, -0.05) is 44.2 Å². The topological polar surface area (TPSA) is 84.4 Å². The zero-order chi connectivity index (χ0) is 21.9. The lowest BCUT2D eigenvalue weighted by Crippen LogP contribution is -2.18. The number of rotatable bonds is 7. The van der Waals surface area contributed by atoms with Gasteiger partial charge in [-0.3, -0.25) is 9.89 Å². The predicted octanol–water partition coefficient (Wildman–Crippen LogP) is 5.99. The monoisotopic (exact) mass is 434 g/mol. The number of aromatic nitrogens is 2. The Morgan fingerprint density at radius 2 is 2.03 bits per heavy atom. The van der Waals surface area contributed by atoms with E-state index in [1.165, 1.54) is 32.1 Å². The van der Waals surface area contributed by atoms with E-state index in [0.29, 0.717) is 12.5 Å². The molecule has 32 heavy (non-hydrogen) atoms. The lowest BCUT2D eigenvalue weighted by Gasteiger charge is -2.29. The lowest BCUT2D eigenvalue weighted by molar-refractivity contribution is -0.137. The number of hydrogen-bond acceptors (Lipinski definition) is 4. The van der Waals surface area contributed by atoms with E-state index in [9.17, 15) is 9.90 Å². The average Bonchev–Trinajstić information content (AvgIpc) is 3.27. The Hall–Kier alpha value is -3.02. The largest absolute Gasteiger partial charge is 0.493 e. The van der Waals surface area contributed by atoms with Crippen LogP contribution < -0.4 is 9.47 Å². The van der Waals surface area contributed by atoms with Crippen molar-refractivity contribution in [3.8, 4) is 11.5 Å². The molecule has 1 fully saturated rings. The van der Waals surface area contributed by atoms with Gasteiger partial charge >= 0.3 is 5.97 Å². The number of nitrogens with zero attached hydrogens (tertiary/aromatic N) is 1. The Kier molecular flexibility index (Phi) is 6.02. The van der Waals surface area contributed by atoms with Crippen LogP contribution in [0.3, 0.4) is 0 Å². The maximum absolute atomic E-state index is 11.2. The van der Waals surface area contributed by atoms with Crippen LogP contribution in [0.5, 0.6) is 11.5 Å². The highest BCUT2D eigenvalue weighted by Crippen LogP contribution is 2.40. The van der Waals surface area contributed by atoms with Crippen molar-refractivity contribution in [2.75, 3.05) is 6.61 Å². The van der Waals surface area contributed by atoms with Crippen molar-refractivity contribution in [1.29, 1.82) is 0 Å². The first kappa shape index (κ1) is 20.9. The van der Waals surface area contributed by atoms with E-state index >= 15 is 0 Å². The summed E-state index contributed by atoms with van der Waals surface area (Å²) in [4.78, 5) is 11.2. The molecule has 2 aromatic carbocycles. The van der Waals surface area contributed by atoms with Gasteiger partial charge in [-0.2, -0.15) is 5.10 Å². The van der Waals surface area contributed by atoms with Gasteiger partial charge in [0, 0.05) is 17.4 Å². The molecule has 3 aromatic rings. The van der Waals surface area contributed by atoms with Gasteiger partial charge in [0.25, 0.3) is 0 Å². The molecule has 0 saturated heterocycles. The zero-order valence-corrected chi connectivity index (χ0v) is 18.3. The zero-order valence-electron chi connectivity index (χ0n) is 18.3. The Balaban J connectivity index is 1.41. The van der Waals surface area contributed by atoms with Gasteiger partial charge in [0.15, 0.2) is 0 Å². The SMILES string of the molecule is O=C(O)CC1CCOc2cc(OC(CC3CCCCC3)c3ccc4[nH]ncc4c3)ccc21. The Morgan fingerprint density at radius 1 is 1.16 bits per heavy atom. The van der Waals surface area contributed by atoms with E-state index in [1.807, 2.05) is 24.4 Å². The van der Waals surface area contributed by atoms with Crippen LogP contribution in [-0.2, 0) is 4.79 Å². The Labute approximate surface area is 187 Å². The maximum Gasteiger partial charge on any atom is 0.303 e. The molecular weight excluding hydrogens is 404 g/mol. The fourth-order valence-corrected chi connectivity index (χ4v) is 5.24. The van der Waals surface area contributed by atoms with Crippen molar-refractivity contribution >= 4 is 16.9 Å². The van der Waals surface area contributed by atoms with Crippen LogP contribution >= 0.6 is 0 Å². The number of ether oxygens (including phenoxy) is 2. The van der Waals surface area contributed by atoms with Crippen molar-refractivity contribution < 1.29 is 19.4 Å². The first-order valence-corrected chi connectivity index (χ1v) is 11.7. The summed E-state index contributed by atoms with van der Waals surface area (Å²) in [7, 11) is 0. The van der Waals surface area contributed by atoms with E-state index in [0.717, 1.165) is 46.4 Å². The summed E-state index contributed by atoms with van der Waals surface area (Å²) in [6.07, 6.45) is 10.1. The summed E-state index contributed by atoms with van der Waals surface area (Å²) < 4.78 is 12.5. The van der Waals surface area contributed by atoms with Crippen molar-refractivity contribution in [3.63, 3.8) is 0 Å². The highest BCUT2D eigenvalue weighted by Gasteiger charge is 2.26. The minimum absolute atomic E-state index is 0.00756. The second-order valence-corrected chi connectivity index (χ2v) is 9.19. The quantitative estimate of drug-likeness (QED) is 0.477. The third-order valence-electron chi connectivity index (χ3n) is 6.96. The summed E-state index contributed by atoms with van der Waals surface area (Å²) in [5.74, 6) is 1.41. The molecule has 6 nitrogen and oxygen atoms in total. The highest BCUT2D eigenvalue weighted by atomic mass is 16.5. The molecule has 0 radical (unpaired) electrons. The van der Waals surface area contributed by atoms with Crippen molar-refractivity contribution in [2.45, 2.75) is 63.4 Å². The molecule has 2 N–H and O–H groups in total. The predicted molar refractivity (Wildman–Crippen MR) is 122 cm³/mol. The van der Waals surface area contributed by atoms with Gasteiger partial charge in [0.05, 0.1) is 24.7 Å². The number of carbonyl (C=O) groups is 1. The van der Waals surface area contributed by atoms with Crippen LogP contribution in [-0.4, -0.2) is 27.9 Å². The van der Waals surface area contributed by atoms with E-state index in [1.54, 1.807) is 0 Å². The van der Waals surface area contributed by atoms with Crippen LogP contribution in [0.4, 0.5) is 0 Å². The summed E-state index contributed by atoms with van der Waals surface area (Å²) in [5, 5.41) is 17.5. The smallest absolute Gasteiger partial charge is 0.303 e. The van der Waals surface area contributed by atoms with Crippen molar-refractivity contribution in [2.24, 2.45) is 5.92 Å². The molecule has 0 amide bonds. The van der Waals surface area contributed by atoms with E-state index in [-0.39, 0.29) is 18.4 Å². The van der Waals surface area contributed by atoms with Gasteiger partial charge in [-0.05, 0) is 48.1 Å². The standard InChI is InChI=1S/C26H30N2O4/c29-26(30)14-18-10-11-31-25-15-21(7-8-22(18)25)32-24(12-17-4-2-1-3-5-17)19-6-9-23-20(13-19)16-27-28-23/h6-9,13,15-18,24H,1-5,10-12,14H2,(H,27,28)(H,29,30). The number of carboxylic acid groups (broad SMARTS) is 1. The van der Waals surface area contributed by atoms with Gasteiger partial charge < -0.3 is 14.6 Å². The van der Waals surface area contributed by atoms with Gasteiger partial charge in [-0.15, -0.1) is 0 Å². The lowest BCUT2D eigenvalue weighted by atomic mass is 9.84. The van der Waals surface area contributed by atoms with Crippen molar-refractivity contribution in [3.05, 3.63) is 53.7 Å². The molecule has 2 heterocycles. The number of H-pyrrole nitrogens is 1. The normalized spacial score (nSPS) is 19.8. The summed E-state index contributed by atoms with van der Waals surface area (Å²) in [6.45, 7) is 0.539. The number of carboxylic acids is 1. The Bertz CT molecular complexity index is 1090. The van der Waals surface area contributed by atoms with Crippen LogP contribution in [0.1, 0.15) is 74.5 Å². The third kappa shape index (κ3) is 4.59. The van der Waals surface area contributed by atoms with Crippen LogP contribution in [0.15, 0.2) is 42.6 Å². The molecule has 2 aliphatic rings. The summed E-state index contributed by atoms with van der Waals surface area (Å²) >= 11 is 0. The van der Waals surface area contributed by atoms with Gasteiger partial charge in [-0.25, -0.2) is 0 Å². The fraction of sp³-hybridized carbons (Fsp3) is 0.462. The van der Waals surface area contributed by atoms with E-state index in [2.05, 4.69) is 28.4 Å². The molecule has 1 aliphatic carbocycles. The second kappa shape index (κ2) is 9.23. The van der Waals surface area contributed by atoms with Crippen molar-refractivity contribution in [1.82, 2.24) is 10.2 Å². The second-order valence-electron chi connectivity index (χ2n) is 9.19. The fourth-order valence-electron chi connectivity index (χ4n) is 5.24. The van der Waals surface area contributed by atoms with Gasteiger partial charge in [0.2, 0.25) is 0 Å². The summed E-state index contributed by atoms with van der Waals surface area (Å²) in [6, 6.07) is 12.3. The number of aromatic amines is 1. The highest BCUT2D eigenvalue weighted by molar-refractivity contribution is 5.78. The molecule has 1 saturated carbocycles. The molecule has 5 rings (SSSR count). The number of fused-ring (bicyclic) bond motifs is 2. The number of hydrogen-bond donors (Lipinski definition) is 2. The molecule has 168 valence electrons.